The zero-order valence-corrected chi connectivity index (χ0v) is 15.5. The van der Waals surface area contributed by atoms with Gasteiger partial charge in [-0.2, -0.15) is 5.10 Å². The van der Waals surface area contributed by atoms with E-state index in [0.29, 0.717) is 12.6 Å². The van der Waals surface area contributed by atoms with Gasteiger partial charge in [0.25, 0.3) is 0 Å². The van der Waals surface area contributed by atoms with E-state index < -0.39 is 0 Å². The molecule has 1 aromatic heterocycles. The third kappa shape index (κ3) is 4.48. The van der Waals surface area contributed by atoms with Crippen LogP contribution < -0.4 is 0 Å². The molecule has 25 heavy (non-hydrogen) atoms. The second kappa shape index (κ2) is 7.83. The van der Waals surface area contributed by atoms with Gasteiger partial charge in [-0.3, -0.25) is 14.4 Å². The molecule has 5 nitrogen and oxygen atoms in total. The number of likely N-dealkylation sites (tertiary alicyclic amines) is 1. The van der Waals surface area contributed by atoms with Crippen molar-refractivity contribution in [2.24, 2.45) is 0 Å². The minimum Gasteiger partial charge on any atom is -0.339 e. The Kier molecular flexibility index (Phi) is 5.53. The lowest BCUT2D eigenvalue weighted by Crippen LogP contribution is -2.45. The molecule has 3 rings (SSSR count). The molecule has 134 valence electrons. The molecule has 0 bridgehead atoms. The zero-order chi connectivity index (χ0) is 17.8. The van der Waals surface area contributed by atoms with Crippen LogP contribution in [0.4, 0.5) is 0 Å². The third-order valence-corrected chi connectivity index (χ3v) is 4.84. The van der Waals surface area contributed by atoms with Crippen molar-refractivity contribution in [3.05, 3.63) is 53.3 Å². The highest BCUT2D eigenvalue weighted by Crippen LogP contribution is 2.23. The van der Waals surface area contributed by atoms with Gasteiger partial charge >= 0.3 is 0 Å². The smallest absolute Gasteiger partial charge is 0.236 e. The molecule has 0 spiro atoms. The first-order valence-corrected chi connectivity index (χ1v) is 9.06. The molecule has 1 saturated heterocycles. The molecule has 0 saturated carbocycles. The Balaban J connectivity index is 1.57. The Bertz CT molecular complexity index is 710. The van der Waals surface area contributed by atoms with E-state index in [1.165, 1.54) is 11.3 Å². The second-order valence-electron chi connectivity index (χ2n) is 7.17. The minimum atomic E-state index is 0.213. The van der Waals surface area contributed by atoms with Gasteiger partial charge in [-0.05, 0) is 45.4 Å². The van der Waals surface area contributed by atoms with Gasteiger partial charge in [0.15, 0.2) is 0 Å². The average molecular weight is 340 g/mol. The summed E-state index contributed by atoms with van der Waals surface area (Å²) in [6.07, 6.45) is 2.13. The van der Waals surface area contributed by atoms with Gasteiger partial charge in [0.05, 0.1) is 18.3 Å². The van der Waals surface area contributed by atoms with Crippen molar-refractivity contribution in [1.82, 2.24) is 19.6 Å². The maximum atomic E-state index is 12.7. The summed E-state index contributed by atoms with van der Waals surface area (Å²) in [4.78, 5) is 16.8. The molecule has 5 heteroatoms. The van der Waals surface area contributed by atoms with Crippen LogP contribution in [0.5, 0.6) is 0 Å². The van der Waals surface area contributed by atoms with E-state index in [0.717, 1.165) is 38.2 Å². The van der Waals surface area contributed by atoms with Gasteiger partial charge in [-0.1, -0.05) is 30.3 Å². The second-order valence-corrected chi connectivity index (χ2v) is 7.17. The van der Waals surface area contributed by atoms with Crippen LogP contribution in [-0.4, -0.2) is 52.2 Å². The maximum absolute atomic E-state index is 12.7. The predicted octanol–water partition coefficient (Wildman–Crippen LogP) is 2.80. The molecule has 0 N–H and O–H groups in total. The summed E-state index contributed by atoms with van der Waals surface area (Å²) in [5, 5.41) is 4.61. The van der Waals surface area contributed by atoms with Crippen molar-refractivity contribution in [2.45, 2.75) is 39.3 Å². The lowest BCUT2D eigenvalue weighted by Gasteiger charge is -2.34. The van der Waals surface area contributed by atoms with Crippen molar-refractivity contribution in [3.8, 4) is 0 Å². The van der Waals surface area contributed by atoms with Crippen molar-refractivity contribution < 1.29 is 4.79 Å². The SMILES string of the molecule is Cc1cc(C)n(C2CCCN(C(=O)CN(C)Cc3ccccc3)C2)n1. The fourth-order valence-electron chi connectivity index (χ4n) is 3.68. The van der Waals surface area contributed by atoms with Crippen LogP contribution in [-0.2, 0) is 11.3 Å². The van der Waals surface area contributed by atoms with E-state index in [4.69, 9.17) is 0 Å². The van der Waals surface area contributed by atoms with Gasteiger partial charge in [0.2, 0.25) is 5.91 Å². The number of hydrogen-bond donors (Lipinski definition) is 0. The van der Waals surface area contributed by atoms with Gasteiger partial charge in [-0.25, -0.2) is 0 Å². The highest BCUT2D eigenvalue weighted by Gasteiger charge is 2.26. The van der Waals surface area contributed by atoms with Crippen LogP contribution in [0, 0.1) is 13.8 Å². The Labute approximate surface area is 150 Å². The Hall–Kier alpha value is -2.14. The Morgan fingerprint density at radius 1 is 1.28 bits per heavy atom. The number of hydrogen-bond acceptors (Lipinski definition) is 3. The molecule has 0 radical (unpaired) electrons. The lowest BCUT2D eigenvalue weighted by molar-refractivity contribution is -0.133. The number of amides is 1. The normalized spacial score (nSPS) is 17.9. The molecule has 2 heterocycles. The van der Waals surface area contributed by atoms with Gasteiger partial charge in [-0.15, -0.1) is 0 Å². The number of aryl methyl sites for hydroxylation is 2. The molecule has 1 fully saturated rings. The van der Waals surface area contributed by atoms with Crippen LogP contribution >= 0.6 is 0 Å². The van der Waals surface area contributed by atoms with E-state index >= 15 is 0 Å². The third-order valence-electron chi connectivity index (χ3n) is 4.84. The summed E-state index contributed by atoms with van der Waals surface area (Å²) in [7, 11) is 2.01. The van der Waals surface area contributed by atoms with E-state index in [2.05, 4.69) is 39.8 Å². The first kappa shape index (κ1) is 17.7. The fourth-order valence-corrected chi connectivity index (χ4v) is 3.68. The summed E-state index contributed by atoms with van der Waals surface area (Å²) in [6, 6.07) is 12.7. The number of benzene rings is 1. The van der Waals surface area contributed by atoms with E-state index in [9.17, 15) is 4.79 Å². The molecule has 0 aliphatic carbocycles. The standard InChI is InChI=1S/C20H28N4O/c1-16-12-17(2)24(21-16)19-10-7-11-23(14-19)20(25)15-22(3)13-18-8-5-4-6-9-18/h4-6,8-9,12,19H,7,10-11,13-15H2,1-3H3. The molecule has 1 aliphatic rings. The van der Waals surface area contributed by atoms with Crippen LogP contribution in [0.25, 0.3) is 0 Å². The number of rotatable bonds is 5. The summed E-state index contributed by atoms with van der Waals surface area (Å²) in [5.41, 5.74) is 3.46. The molecule has 1 aliphatic heterocycles. The molecule has 1 aromatic carbocycles. The molecule has 1 amide bonds. The van der Waals surface area contributed by atoms with E-state index in [1.54, 1.807) is 0 Å². The molecule has 1 atom stereocenters. The Morgan fingerprint density at radius 2 is 2.04 bits per heavy atom. The van der Waals surface area contributed by atoms with E-state index in [1.807, 2.05) is 37.1 Å². The molecular weight excluding hydrogens is 312 g/mol. The number of carbonyl (C=O) groups is 1. The highest BCUT2D eigenvalue weighted by molar-refractivity contribution is 5.78. The van der Waals surface area contributed by atoms with Crippen molar-refractivity contribution in [3.63, 3.8) is 0 Å². The van der Waals surface area contributed by atoms with Crippen LogP contribution in [0.3, 0.4) is 0 Å². The quantitative estimate of drug-likeness (QED) is 0.840. The highest BCUT2D eigenvalue weighted by atomic mass is 16.2. The van der Waals surface area contributed by atoms with Crippen LogP contribution in [0.1, 0.15) is 35.8 Å². The first-order valence-electron chi connectivity index (χ1n) is 9.06. The van der Waals surface area contributed by atoms with Crippen molar-refractivity contribution in [2.75, 3.05) is 26.7 Å². The molecule has 1 unspecified atom stereocenters. The summed E-state index contributed by atoms with van der Waals surface area (Å²) < 4.78 is 2.10. The lowest BCUT2D eigenvalue weighted by atomic mass is 10.1. The van der Waals surface area contributed by atoms with Gasteiger partial charge < -0.3 is 4.90 Å². The fraction of sp³-hybridized carbons (Fsp3) is 0.500. The zero-order valence-electron chi connectivity index (χ0n) is 15.5. The maximum Gasteiger partial charge on any atom is 0.236 e. The Morgan fingerprint density at radius 3 is 2.72 bits per heavy atom. The number of aromatic nitrogens is 2. The van der Waals surface area contributed by atoms with Gasteiger partial charge in [0.1, 0.15) is 0 Å². The number of nitrogens with zero attached hydrogens (tertiary/aromatic N) is 4. The van der Waals surface area contributed by atoms with E-state index in [-0.39, 0.29) is 5.91 Å². The summed E-state index contributed by atoms with van der Waals surface area (Å²) >= 11 is 0. The van der Waals surface area contributed by atoms with Crippen molar-refractivity contribution >= 4 is 5.91 Å². The largest absolute Gasteiger partial charge is 0.339 e. The average Bonchev–Trinajstić information content (AvgIpc) is 2.94. The molecular formula is C20H28N4O. The minimum absolute atomic E-state index is 0.213. The van der Waals surface area contributed by atoms with Crippen LogP contribution in [0.15, 0.2) is 36.4 Å². The van der Waals surface area contributed by atoms with Gasteiger partial charge in [0, 0.05) is 25.3 Å². The predicted molar refractivity (Wildman–Crippen MR) is 99.3 cm³/mol. The monoisotopic (exact) mass is 340 g/mol. The topological polar surface area (TPSA) is 41.4 Å². The number of piperidine rings is 1. The van der Waals surface area contributed by atoms with Crippen molar-refractivity contribution in [1.29, 1.82) is 0 Å². The number of carbonyl (C=O) groups excluding carboxylic acids is 1. The first-order chi connectivity index (χ1) is 12.0. The van der Waals surface area contributed by atoms with Crippen LogP contribution in [0.2, 0.25) is 0 Å². The summed E-state index contributed by atoms with van der Waals surface area (Å²) in [6.45, 7) is 6.98. The molecule has 2 aromatic rings. The summed E-state index contributed by atoms with van der Waals surface area (Å²) in [5.74, 6) is 0.213. The number of likely N-dealkylation sites (N-methyl/N-ethyl adjacent to an activating group) is 1.